The Bertz CT molecular complexity index is 811. The normalized spacial score (nSPS) is 10.5. The third-order valence-corrected chi connectivity index (χ3v) is 3.73. The lowest BCUT2D eigenvalue weighted by atomic mass is 10.1. The first kappa shape index (κ1) is 15.6. The number of hydrogen-bond acceptors (Lipinski definition) is 3. The van der Waals surface area contributed by atoms with Crippen LogP contribution in [0.3, 0.4) is 0 Å². The van der Waals surface area contributed by atoms with Crippen LogP contribution in [0.5, 0.6) is 0 Å². The van der Waals surface area contributed by atoms with Crippen molar-refractivity contribution in [1.82, 2.24) is 10.5 Å². The Hall–Kier alpha value is -2.30. The van der Waals surface area contributed by atoms with Gasteiger partial charge in [-0.3, -0.25) is 4.79 Å². The van der Waals surface area contributed by atoms with Gasteiger partial charge in [0, 0.05) is 27.2 Å². The average Bonchev–Trinajstić information content (AvgIpc) is 3.03. The topological polar surface area (TPSA) is 55.1 Å². The van der Waals surface area contributed by atoms with Gasteiger partial charge in [-0.25, -0.2) is 0 Å². The molecule has 0 unspecified atom stereocenters. The molecule has 1 heterocycles. The molecule has 3 aromatic rings. The molecule has 0 saturated heterocycles. The summed E-state index contributed by atoms with van der Waals surface area (Å²) in [6.07, 6.45) is 0. The molecule has 0 radical (unpaired) electrons. The van der Waals surface area contributed by atoms with Crippen LogP contribution in [0.25, 0.3) is 11.3 Å². The third kappa shape index (κ3) is 3.92. The van der Waals surface area contributed by atoms with Crippen LogP contribution in [0.15, 0.2) is 59.1 Å². The Morgan fingerprint density at radius 1 is 1.00 bits per heavy atom. The second-order valence-electron chi connectivity index (χ2n) is 4.87. The minimum Gasteiger partial charge on any atom is -0.359 e. The van der Waals surface area contributed by atoms with Crippen molar-refractivity contribution in [2.45, 2.75) is 6.54 Å². The molecule has 0 aliphatic rings. The largest absolute Gasteiger partial charge is 0.359 e. The maximum atomic E-state index is 12.0. The molecule has 0 spiro atoms. The van der Waals surface area contributed by atoms with Crippen molar-refractivity contribution in [2.24, 2.45) is 0 Å². The van der Waals surface area contributed by atoms with Crippen molar-refractivity contribution in [3.05, 3.63) is 76.0 Å². The summed E-state index contributed by atoms with van der Waals surface area (Å²) in [7, 11) is 0. The summed E-state index contributed by atoms with van der Waals surface area (Å²) in [5.74, 6) is 0.364. The van der Waals surface area contributed by atoms with Gasteiger partial charge in [-0.2, -0.15) is 0 Å². The number of rotatable bonds is 4. The Morgan fingerprint density at radius 3 is 2.26 bits per heavy atom. The second-order valence-corrected chi connectivity index (χ2v) is 5.75. The summed E-state index contributed by atoms with van der Waals surface area (Å²) in [6, 6.07) is 15.7. The molecule has 0 atom stereocenters. The summed E-state index contributed by atoms with van der Waals surface area (Å²) in [6.45, 7) is 0.252. The Balaban J connectivity index is 1.64. The van der Waals surface area contributed by atoms with Gasteiger partial charge in [0.15, 0.2) is 5.76 Å². The number of aromatic nitrogens is 1. The number of hydrogen-bond donors (Lipinski definition) is 1. The number of halogens is 2. The van der Waals surface area contributed by atoms with Crippen molar-refractivity contribution in [3.8, 4) is 11.3 Å². The number of nitrogens with one attached hydrogen (secondary N) is 1. The van der Waals surface area contributed by atoms with Crippen molar-refractivity contribution in [2.75, 3.05) is 0 Å². The first-order chi connectivity index (χ1) is 11.1. The smallest absolute Gasteiger partial charge is 0.251 e. The predicted octanol–water partition coefficient (Wildman–Crippen LogP) is 4.58. The van der Waals surface area contributed by atoms with Gasteiger partial charge < -0.3 is 9.84 Å². The summed E-state index contributed by atoms with van der Waals surface area (Å²) in [5.41, 5.74) is 2.12. The number of benzene rings is 2. The van der Waals surface area contributed by atoms with Crippen LogP contribution in [-0.2, 0) is 6.54 Å². The maximum absolute atomic E-state index is 12.0. The van der Waals surface area contributed by atoms with Gasteiger partial charge in [0.25, 0.3) is 5.91 Å². The van der Waals surface area contributed by atoms with Crippen molar-refractivity contribution >= 4 is 29.1 Å². The molecular formula is C17H12Cl2N2O2. The van der Waals surface area contributed by atoms with Crippen LogP contribution in [0.4, 0.5) is 0 Å². The minimum absolute atomic E-state index is 0.203. The van der Waals surface area contributed by atoms with Gasteiger partial charge in [0.05, 0.1) is 6.54 Å². The number of carbonyl (C=O) groups excluding carboxylic acids is 1. The molecule has 4 nitrogen and oxygen atoms in total. The van der Waals surface area contributed by atoms with Crippen LogP contribution in [0, 0.1) is 0 Å². The van der Waals surface area contributed by atoms with Crippen molar-refractivity contribution in [1.29, 1.82) is 0 Å². The fourth-order valence-corrected chi connectivity index (χ4v) is 2.28. The van der Waals surface area contributed by atoms with Gasteiger partial charge in [0.1, 0.15) is 5.69 Å². The molecule has 0 aliphatic carbocycles. The van der Waals surface area contributed by atoms with Gasteiger partial charge in [-0.05, 0) is 36.4 Å². The third-order valence-electron chi connectivity index (χ3n) is 3.23. The minimum atomic E-state index is -0.203. The summed E-state index contributed by atoms with van der Waals surface area (Å²) in [4.78, 5) is 12.0. The van der Waals surface area contributed by atoms with E-state index < -0.39 is 0 Å². The van der Waals surface area contributed by atoms with E-state index in [0.29, 0.717) is 27.1 Å². The molecular weight excluding hydrogens is 335 g/mol. The quantitative estimate of drug-likeness (QED) is 0.752. The van der Waals surface area contributed by atoms with Crippen molar-refractivity contribution < 1.29 is 9.32 Å². The molecule has 1 amide bonds. The molecule has 0 saturated carbocycles. The molecule has 3 rings (SSSR count). The van der Waals surface area contributed by atoms with E-state index >= 15 is 0 Å². The first-order valence-electron chi connectivity index (χ1n) is 6.87. The maximum Gasteiger partial charge on any atom is 0.251 e. The summed E-state index contributed by atoms with van der Waals surface area (Å²) < 4.78 is 5.24. The lowest BCUT2D eigenvalue weighted by molar-refractivity contribution is 0.0947. The van der Waals surface area contributed by atoms with Crippen LogP contribution in [0.1, 0.15) is 16.1 Å². The summed E-state index contributed by atoms with van der Waals surface area (Å²) >= 11 is 11.7. The standard InChI is InChI=1S/C17H12Cl2N2O2/c18-13-5-1-11(2-6-13)16-9-15(23-21-16)10-20-17(22)12-3-7-14(19)8-4-12/h1-9H,10H2,(H,20,22). The fourth-order valence-electron chi connectivity index (χ4n) is 2.02. The van der Waals surface area contributed by atoms with E-state index in [-0.39, 0.29) is 12.5 Å². The van der Waals surface area contributed by atoms with E-state index in [1.807, 2.05) is 12.1 Å². The van der Waals surface area contributed by atoms with Gasteiger partial charge >= 0.3 is 0 Å². The zero-order chi connectivity index (χ0) is 16.2. The van der Waals surface area contributed by atoms with Gasteiger partial charge in [0.2, 0.25) is 0 Å². The van der Waals surface area contributed by atoms with Gasteiger partial charge in [-0.1, -0.05) is 40.5 Å². The highest BCUT2D eigenvalue weighted by atomic mass is 35.5. The second kappa shape index (κ2) is 6.86. The first-order valence-corrected chi connectivity index (χ1v) is 7.63. The van der Waals surface area contributed by atoms with E-state index in [9.17, 15) is 4.79 Å². The number of nitrogens with zero attached hydrogens (tertiary/aromatic N) is 1. The Morgan fingerprint density at radius 2 is 1.61 bits per heavy atom. The van der Waals surface area contributed by atoms with Crippen LogP contribution >= 0.6 is 23.2 Å². The Kier molecular flexibility index (Phi) is 4.65. The highest BCUT2D eigenvalue weighted by molar-refractivity contribution is 6.30. The molecule has 0 fully saturated rings. The lowest BCUT2D eigenvalue weighted by Gasteiger charge is -2.02. The Labute approximate surface area is 143 Å². The monoisotopic (exact) mass is 346 g/mol. The molecule has 0 bridgehead atoms. The highest BCUT2D eigenvalue weighted by Gasteiger charge is 2.09. The van der Waals surface area contributed by atoms with Gasteiger partial charge in [-0.15, -0.1) is 0 Å². The number of amides is 1. The van der Waals surface area contributed by atoms with E-state index in [1.165, 1.54) is 0 Å². The lowest BCUT2D eigenvalue weighted by Crippen LogP contribution is -2.22. The average molecular weight is 347 g/mol. The molecule has 116 valence electrons. The van der Waals surface area contributed by atoms with Crippen LogP contribution < -0.4 is 5.32 Å². The molecule has 0 aliphatic heterocycles. The number of carbonyl (C=O) groups is 1. The zero-order valence-electron chi connectivity index (χ0n) is 11.9. The molecule has 1 aromatic heterocycles. The molecule has 6 heteroatoms. The summed E-state index contributed by atoms with van der Waals surface area (Å²) in [5, 5.41) is 8.01. The van der Waals surface area contributed by atoms with E-state index in [0.717, 1.165) is 5.56 Å². The van der Waals surface area contributed by atoms with E-state index in [2.05, 4.69) is 10.5 Å². The van der Waals surface area contributed by atoms with Crippen LogP contribution in [-0.4, -0.2) is 11.1 Å². The molecule has 2 aromatic carbocycles. The molecule has 23 heavy (non-hydrogen) atoms. The van der Waals surface area contributed by atoms with Crippen molar-refractivity contribution in [3.63, 3.8) is 0 Å². The SMILES string of the molecule is O=C(NCc1cc(-c2ccc(Cl)cc2)no1)c1ccc(Cl)cc1. The zero-order valence-corrected chi connectivity index (χ0v) is 13.4. The highest BCUT2D eigenvalue weighted by Crippen LogP contribution is 2.21. The van der Waals surface area contributed by atoms with E-state index in [4.69, 9.17) is 27.7 Å². The fraction of sp³-hybridized carbons (Fsp3) is 0.0588. The van der Waals surface area contributed by atoms with Crippen LogP contribution in [0.2, 0.25) is 10.0 Å². The van der Waals surface area contributed by atoms with E-state index in [1.54, 1.807) is 42.5 Å². The molecule has 1 N–H and O–H groups in total. The predicted molar refractivity (Wildman–Crippen MR) is 89.6 cm³/mol.